The number of furan rings is 3. The molecule has 5 nitrogen and oxygen atoms in total. The van der Waals surface area contributed by atoms with Gasteiger partial charge in [0.1, 0.15) is 22.3 Å². The predicted molar refractivity (Wildman–Crippen MR) is 272 cm³/mol. The van der Waals surface area contributed by atoms with Gasteiger partial charge in [-0.2, -0.15) is 0 Å². The molecule has 310 valence electrons. The van der Waals surface area contributed by atoms with E-state index in [4.69, 9.17) is 13.3 Å². The van der Waals surface area contributed by atoms with E-state index in [2.05, 4.69) is 207 Å². The molecule has 3 heterocycles. The summed E-state index contributed by atoms with van der Waals surface area (Å²) in [6.07, 6.45) is 0. The zero-order valence-corrected chi connectivity index (χ0v) is 36.4. The number of aryl methyl sites for hydroxylation is 4. The fourth-order valence-corrected chi connectivity index (χ4v) is 10.1. The Morgan fingerprint density at radius 1 is 0.262 bits per heavy atom. The summed E-state index contributed by atoms with van der Waals surface area (Å²) in [5, 5.41) is 10.6. The first-order valence-electron chi connectivity index (χ1n) is 22.2. The first-order valence-corrected chi connectivity index (χ1v) is 22.2. The van der Waals surface area contributed by atoms with Crippen LogP contribution in [0.2, 0.25) is 0 Å². The maximum atomic E-state index is 7.19. The molecule has 0 N–H and O–H groups in total. The summed E-state index contributed by atoms with van der Waals surface area (Å²) in [7, 11) is 0. The minimum absolute atomic E-state index is 0.838. The smallest absolute Gasteiger partial charge is 0.159 e. The van der Waals surface area contributed by atoms with Crippen molar-refractivity contribution in [3.8, 4) is 0 Å². The van der Waals surface area contributed by atoms with Crippen molar-refractivity contribution in [2.24, 2.45) is 0 Å². The van der Waals surface area contributed by atoms with Crippen LogP contribution in [0.25, 0.3) is 87.4 Å². The van der Waals surface area contributed by atoms with Crippen molar-refractivity contribution in [1.82, 2.24) is 0 Å². The summed E-state index contributed by atoms with van der Waals surface area (Å²) in [4.78, 5) is 4.76. The Morgan fingerprint density at radius 3 is 1.06 bits per heavy atom. The number of hydrogen-bond acceptors (Lipinski definition) is 5. The van der Waals surface area contributed by atoms with Crippen molar-refractivity contribution in [1.29, 1.82) is 0 Å². The number of rotatable bonds is 6. The van der Waals surface area contributed by atoms with E-state index < -0.39 is 0 Å². The van der Waals surface area contributed by atoms with Gasteiger partial charge in [-0.25, -0.2) is 0 Å². The highest BCUT2D eigenvalue weighted by Crippen LogP contribution is 2.51. The average Bonchev–Trinajstić information content (AvgIpc) is 4.04. The minimum atomic E-state index is 0.838. The molecule has 65 heavy (non-hydrogen) atoms. The lowest BCUT2D eigenvalue weighted by molar-refractivity contribution is 0.669. The molecule has 10 aromatic carbocycles. The predicted octanol–water partition coefficient (Wildman–Crippen LogP) is 17.9. The van der Waals surface area contributed by atoms with E-state index in [1.807, 2.05) is 12.1 Å². The quantitative estimate of drug-likeness (QED) is 0.167. The average molecular weight is 839 g/mol. The van der Waals surface area contributed by atoms with Gasteiger partial charge < -0.3 is 23.1 Å². The molecule has 0 fully saturated rings. The molecule has 0 aliphatic carbocycles. The van der Waals surface area contributed by atoms with Gasteiger partial charge in [-0.1, -0.05) is 121 Å². The maximum Gasteiger partial charge on any atom is 0.159 e. The van der Waals surface area contributed by atoms with Crippen LogP contribution in [0.15, 0.2) is 195 Å². The number of para-hydroxylation sites is 4. The lowest BCUT2D eigenvalue weighted by atomic mass is 9.98. The van der Waals surface area contributed by atoms with Crippen molar-refractivity contribution in [2.45, 2.75) is 27.7 Å². The van der Waals surface area contributed by atoms with Crippen LogP contribution in [0.5, 0.6) is 0 Å². The molecule has 0 amide bonds. The third kappa shape index (κ3) is 5.58. The summed E-state index contributed by atoms with van der Waals surface area (Å²) in [5.41, 5.74) is 16.1. The fourth-order valence-electron chi connectivity index (χ4n) is 10.1. The van der Waals surface area contributed by atoms with E-state index in [0.29, 0.717) is 0 Å². The summed E-state index contributed by atoms with van der Waals surface area (Å²) in [6, 6.07) is 65.0. The van der Waals surface area contributed by atoms with Crippen molar-refractivity contribution < 1.29 is 13.3 Å². The summed E-state index contributed by atoms with van der Waals surface area (Å²) in [5.74, 6) is 0. The van der Waals surface area contributed by atoms with Crippen molar-refractivity contribution in [3.05, 3.63) is 204 Å². The second-order valence-corrected chi connectivity index (χ2v) is 17.5. The Balaban J connectivity index is 1.14. The van der Waals surface area contributed by atoms with Gasteiger partial charge in [-0.05, 0) is 111 Å². The number of fused-ring (bicyclic) bond motifs is 13. The zero-order chi connectivity index (χ0) is 43.5. The van der Waals surface area contributed by atoms with Crippen LogP contribution in [-0.4, -0.2) is 0 Å². The molecule has 0 aliphatic rings. The Labute approximate surface area is 374 Å². The van der Waals surface area contributed by atoms with Crippen LogP contribution in [-0.2, 0) is 0 Å². The van der Waals surface area contributed by atoms with Gasteiger partial charge in [-0.15, -0.1) is 0 Å². The molecule has 0 atom stereocenters. The maximum absolute atomic E-state index is 7.19. The first-order chi connectivity index (χ1) is 31.9. The monoisotopic (exact) mass is 838 g/mol. The van der Waals surface area contributed by atoms with Gasteiger partial charge >= 0.3 is 0 Å². The molecule has 0 saturated carbocycles. The molecule has 0 saturated heterocycles. The second kappa shape index (κ2) is 14.1. The Bertz CT molecular complexity index is 3830. The lowest BCUT2D eigenvalue weighted by Crippen LogP contribution is -2.11. The van der Waals surface area contributed by atoms with E-state index in [1.54, 1.807) is 0 Å². The van der Waals surface area contributed by atoms with Crippen LogP contribution >= 0.6 is 0 Å². The van der Waals surface area contributed by atoms with Gasteiger partial charge in [0.2, 0.25) is 0 Å². The van der Waals surface area contributed by atoms with Crippen LogP contribution in [0, 0.1) is 27.7 Å². The standard InChI is InChI=1S/C60H42N2O3/c1-35-27-29-39(31-37(35)3)61(51-23-13-21-47-43-17-9-11-25-55(43)63-59(47)51)53-33-49-50-34-54(42-16-6-8-20-46(42)58(50)65-57(49)45-19-7-5-15-41(45)53)62(40-30-28-36(2)38(4)32-40)52-24-14-22-48-44-18-10-12-26-56(44)64-60(48)52/h5-34H,1-4H3. The van der Waals surface area contributed by atoms with E-state index >= 15 is 0 Å². The number of benzene rings is 10. The van der Waals surface area contributed by atoms with Crippen LogP contribution < -0.4 is 9.80 Å². The topological polar surface area (TPSA) is 45.9 Å². The first kappa shape index (κ1) is 37.3. The Morgan fingerprint density at radius 2 is 0.631 bits per heavy atom. The summed E-state index contributed by atoms with van der Waals surface area (Å²) >= 11 is 0. The highest BCUT2D eigenvalue weighted by molar-refractivity contribution is 6.26. The van der Waals surface area contributed by atoms with Crippen molar-refractivity contribution in [3.63, 3.8) is 0 Å². The van der Waals surface area contributed by atoms with Crippen molar-refractivity contribution in [2.75, 3.05) is 9.80 Å². The largest absolute Gasteiger partial charge is 0.455 e. The number of nitrogens with zero attached hydrogens (tertiary/aromatic N) is 2. The molecule has 13 aromatic rings. The molecule has 0 unspecified atom stereocenters. The van der Waals surface area contributed by atoms with Gasteiger partial charge in [-0.3, -0.25) is 0 Å². The van der Waals surface area contributed by atoms with Gasteiger partial charge in [0.05, 0.1) is 22.7 Å². The normalized spacial score (nSPS) is 12.0. The molecule has 0 radical (unpaired) electrons. The molecule has 13 rings (SSSR count). The van der Waals surface area contributed by atoms with E-state index in [0.717, 1.165) is 121 Å². The molecule has 0 spiro atoms. The summed E-state index contributed by atoms with van der Waals surface area (Å²) < 4.78 is 20.8. The van der Waals surface area contributed by atoms with Crippen molar-refractivity contribution >= 4 is 121 Å². The fraction of sp³-hybridized carbons (Fsp3) is 0.0667. The molecule has 5 heteroatoms. The minimum Gasteiger partial charge on any atom is -0.455 e. The molecule has 3 aromatic heterocycles. The summed E-state index contributed by atoms with van der Waals surface area (Å²) in [6.45, 7) is 8.70. The SMILES string of the molecule is Cc1ccc(N(c2cc3c4cc(N(c5ccc(C)c(C)c5)c5cccc6c5oc5ccccc56)c5ccccc5c4oc3c3ccccc23)c2cccc3c2oc2ccccc23)cc1C. The van der Waals surface area contributed by atoms with Crippen LogP contribution in [0.1, 0.15) is 22.3 Å². The molecule has 0 aliphatic heterocycles. The number of anilines is 6. The Hall–Kier alpha value is -8.28. The molecule has 0 bridgehead atoms. The third-order valence-electron chi connectivity index (χ3n) is 13.7. The molecular formula is C60H42N2O3. The molecular weight excluding hydrogens is 797 g/mol. The van der Waals surface area contributed by atoms with Gasteiger partial charge in [0.15, 0.2) is 11.2 Å². The van der Waals surface area contributed by atoms with E-state index in [1.165, 1.54) is 22.3 Å². The van der Waals surface area contributed by atoms with Crippen LogP contribution in [0.4, 0.5) is 34.1 Å². The van der Waals surface area contributed by atoms with Gasteiger partial charge in [0.25, 0.3) is 0 Å². The highest BCUT2D eigenvalue weighted by atomic mass is 16.3. The van der Waals surface area contributed by atoms with E-state index in [9.17, 15) is 0 Å². The second-order valence-electron chi connectivity index (χ2n) is 17.5. The number of hydrogen-bond donors (Lipinski definition) is 0. The van der Waals surface area contributed by atoms with Gasteiger partial charge in [0, 0.05) is 65.2 Å². The van der Waals surface area contributed by atoms with E-state index in [-0.39, 0.29) is 0 Å². The van der Waals surface area contributed by atoms with Crippen LogP contribution in [0.3, 0.4) is 0 Å². The highest BCUT2D eigenvalue weighted by Gasteiger charge is 2.27. The third-order valence-corrected chi connectivity index (χ3v) is 13.7. The zero-order valence-electron chi connectivity index (χ0n) is 36.4. The lowest BCUT2D eigenvalue weighted by Gasteiger charge is -2.28. The Kier molecular flexibility index (Phi) is 8.10.